The molecule has 0 aliphatic rings. The number of esters is 1. The summed E-state index contributed by atoms with van der Waals surface area (Å²) in [6.45, 7) is 9.39. The molecular weight excluding hydrogens is 294 g/mol. The molecule has 4 heteroatoms. The van der Waals surface area contributed by atoms with E-state index in [1.807, 2.05) is 45.9 Å². The number of halogens is 1. The zero-order valence-corrected chi connectivity index (χ0v) is 13.1. The fourth-order valence-corrected chi connectivity index (χ4v) is 1.79. The van der Waals surface area contributed by atoms with Crippen molar-refractivity contribution in [2.75, 3.05) is 5.32 Å². The van der Waals surface area contributed by atoms with Crippen LogP contribution < -0.4 is 5.32 Å². The lowest BCUT2D eigenvalue weighted by atomic mass is 10.1. The Bertz CT molecular complexity index is 438. The zero-order valence-electron chi connectivity index (χ0n) is 11.5. The fraction of sp³-hybridized carbons (Fsp3) is 0.500. The molecule has 0 heterocycles. The van der Waals surface area contributed by atoms with Gasteiger partial charge in [0.1, 0.15) is 11.6 Å². The van der Waals surface area contributed by atoms with Gasteiger partial charge in [0.05, 0.1) is 0 Å². The van der Waals surface area contributed by atoms with Gasteiger partial charge in [0.15, 0.2) is 0 Å². The maximum Gasteiger partial charge on any atom is 0.328 e. The smallest absolute Gasteiger partial charge is 0.328 e. The van der Waals surface area contributed by atoms with Crippen molar-refractivity contribution in [3.05, 3.63) is 28.2 Å². The van der Waals surface area contributed by atoms with E-state index in [2.05, 4.69) is 21.2 Å². The minimum absolute atomic E-state index is 0.248. The Morgan fingerprint density at radius 3 is 2.56 bits per heavy atom. The van der Waals surface area contributed by atoms with Crippen LogP contribution in [-0.4, -0.2) is 17.6 Å². The summed E-state index contributed by atoms with van der Waals surface area (Å²) in [5.41, 5.74) is 1.57. The van der Waals surface area contributed by atoms with Gasteiger partial charge >= 0.3 is 5.97 Å². The molecule has 0 radical (unpaired) electrons. The second kappa shape index (κ2) is 5.74. The summed E-state index contributed by atoms with van der Waals surface area (Å²) in [6, 6.07) is 5.54. The summed E-state index contributed by atoms with van der Waals surface area (Å²) in [5, 5.41) is 3.17. The lowest BCUT2D eigenvalue weighted by Crippen LogP contribution is -2.34. The lowest BCUT2D eigenvalue weighted by Gasteiger charge is -2.23. The number of nitrogens with one attached hydrogen (secondary N) is 1. The fourth-order valence-electron chi connectivity index (χ4n) is 1.43. The molecule has 0 saturated carbocycles. The molecule has 0 saturated heterocycles. The SMILES string of the molecule is Cc1ccc(Br)cc1NC(C)C(=O)OC(C)(C)C. The third-order valence-corrected chi connectivity index (χ3v) is 2.83. The van der Waals surface area contributed by atoms with E-state index in [4.69, 9.17) is 4.74 Å². The summed E-state index contributed by atoms with van der Waals surface area (Å²) in [5.74, 6) is -0.248. The first kappa shape index (κ1) is 15.0. The molecule has 3 nitrogen and oxygen atoms in total. The van der Waals surface area contributed by atoms with Crippen LogP contribution in [0.15, 0.2) is 22.7 Å². The van der Waals surface area contributed by atoms with Crippen LogP contribution in [0.1, 0.15) is 33.3 Å². The average Bonchev–Trinajstić information content (AvgIpc) is 2.21. The number of anilines is 1. The molecule has 1 aromatic carbocycles. The second-order valence-corrected chi connectivity index (χ2v) is 6.27. The van der Waals surface area contributed by atoms with E-state index in [0.29, 0.717) is 0 Å². The minimum atomic E-state index is -0.459. The molecule has 0 aliphatic heterocycles. The molecule has 0 aliphatic carbocycles. The summed E-state index contributed by atoms with van der Waals surface area (Å²) >= 11 is 3.42. The van der Waals surface area contributed by atoms with Gasteiger partial charge in [-0.1, -0.05) is 22.0 Å². The molecule has 1 unspecified atom stereocenters. The molecule has 100 valence electrons. The van der Waals surface area contributed by atoms with E-state index in [-0.39, 0.29) is 12.0 Å². The largest absolute Gasteiger partial charge is 0.458 e. The van der Waals surface area contributed by atoms with Gasteiger partial charge in [-0.25, -0.2) is 4.79 Å². The van der Waals surface area contributed by atoms with Crippen LogP contribution in [0.2, 0.25) is 0 Å². The van der Waals surface area contributed by atoms with Gasteiger partial charge in [-0.3, -0.25) is 0 Å². The molecule has 0 amide bonds. The van der Waals surface area contributed by atoms with E-state index in [0.717, 1.165) is 15.7 Å². The van der Waals surface area contributed by atoms with E-state index in [1.165, 1.54) is 0 Å². The Kier molecular flexibility index (Phi) is 4.79. The van der Waals surface area contributed by atoms with E-state index in [9.17, 15) is 4.79 Å². The highest BCUT2D eigenvalue weighted by Gasteiger charge is 2.21. The van der Waals surface area contributed by atoms with Crippen LogP contribution in [0.5, 0.6) is 0 Å². The Balaban J connectivity index is 2.72. The van der Waals surface area contributed by atoms with Crippen molar-refractivity contribution >= 4 is 27.6 Å². The van der Waals surface area contributed by atoms with E-state index >= 15 is 0 Å². The lowest BCUT2D eigenvalue weighted by molar-refractivity contribution is -0.155. The van der Waals surface area contributed by atoms with Crippen LogP contribution in [0.3, 0.4) is 0 Å². The second-order valence-electron chi connectivity index (χ2n) is 5.36. The van der Waals surface area contributed by atoms with Gasteiger partial charge in [-0.15, -0.1) is 0 Å². The third-order valence-electron chi connectivity index (χ3n) is 2.33. The molecular formula is C14H20BrNO2. The maximum atomic E-state index is 11.9. The van der Waals surface area contributed by atoms with Crippen LogP contribution in [0.4, 0.5) is 5.69 Å². The van der Waals surface area contributed by atoms with E-state index in [1.54, 1.807) is 6.92 Å². The third kappa shape index (κ3) is 4.69. The maximum absolute atomic E-state index is 11.9. The number of aryl methyl sites for hydroxylation is 1. The highest BCUT2D eigenvalue weighted by molar-refractivity contribution is 9.10. The Hall–Kier alpha value is -1.03. The molecule has 1 aromatic rings. The van der Waals surface area contributed by atoms with Gasteiger partial charge in [-0.2, -0.15) is 0 Å². The number of carbonyl (C=O) groups is 1. The van der Waals surface area contributed by atoms with Crippen LogP contribution in [0.25, 0.3) is 0 Å². The molecule has 0 aromatic heterocycles. The molecule has 0 spiro atoms. The van der Waals surface area contributed by atoms with Crippen LogP contribution >= 0.6 is 15.9 Å². The Morgan fingerprint density at radius 2 is 2.00 bits per heavy atom. The predicted molar refractivity (Wildman–Crippen MR) is 77.8 cm³/mol. The number of hydrogen-bond acceptors (Lipinski definition) is 3. The van der Waals surface area contributed by atoms with Crippen molar-refractivity contribution in [2.45, 2.75) is 46.3 Å². The molecule has 0 fully saturated rings. The summed E-state index contributed by atoms with van der Waals surface area (Å²) < 4.78 is 6.31. The van der Waals surface area contributed by atoms with Crippen molar-refractivity contribution in [1.29, 1.82) is 0 Å². The first-order valence-electron chi connectivity index (χ1n) is 5.94. The molecule has 0 bridgehead atoms. The van der Waals surface area contributed by atoms with Gasteiger partial charge < -0.3 is 10.1 Å². The molecule has 1 rings (SSSR count). The Labute approximate surface area is 117 Å². The zero-order chi connectivity index (χ0) is 13.9. The first-order valence-corrected chi connectivity index (χ1v) is 6.74. The molecule has 1 N–H and O–H groups in total. The van der Waals surface area contributed by atoms with Crippen molar-refractivity contribution < 1.29 is 9.53 Å². The van der Waals surface area contributed by atoms with Crippen molar-refractivity contribution in [3.63, 3.8) is 0 Å². The normalized spacial score (nSPS) is 13.0. The predicted octanol–water partition coefficient (Wildman–Crippen LogP) is 3.90. The number of hydrogen-bond donors (Lipinski definition) is 1. The topological polar surface area (TPSA) is 38.3 Å². The average molecular weight is 314 g/mol. The molecule has 18 heavy (non-hydrogen) atoms. The molecule has 1 atom stereocenters. The van der Waals surface area contributed by atoms with Crippen LogP contribution in [0, 0.1) is 6.92 Å². The quantitative estimate of drug-likeness (QED) is 0.860. The number of ether oxygens (including phenoxy) is 1. The number of carbonyl (C=O) groups excluding carboxylic acids is 1. The van der Waals surface area contributed by atoms with Gasteiger partial charge in [0.2, 0.25) is 0 Å². The van der Waals surface area contributed by atoms with Gasteiger partial charge in [-0.05, 0) is 52.3 Å². The summed E-state index contributed by atoms with van der Waals surface area (Å²) in [7, 11) is 0. The highest BCUT2D eigenvalue weighted by atomic mass is 79.9. The van der Waals surface area contributed by atoms with E-state index < -0.39 is 5.60 Å². The summed E-state index contributed by atoms with van der Waals surface area (Å²) in [4.78, 5) is 11.9. The highest BCUT2D eigenvalue weighted by Crippen LogP contribution is 2.21. The number of rotatable bonds is 3. The first-order chi connectivity index (χ1) is 8.19. The minimum Gasteiger partial charge on any atom is -0.458 e. The van der Waals surface area contributed by atoms with Crippen molar-refractivity contribution in [1.82, 2.24) is 0 Å². The van der Waals surface area contributed by atoms with Crippen molar-refractivity contribution in [3.8, 4) is 0 Å². The van der Waals surface area contributed by atoms with Gasteiger partial charge in [0.25, 0.3) is 0 Å². The standard InChI is InChI=1S/C14H20BrNO2/c1-9-6-7-11(15)8-12(9)16-10(2)13(17)18-14(3,4)5/h6-8,10,16H,1-5H3. The van der Waals surface area contributed by atoms with Gasteiger partial charge in [0, 0.05) is 10.2 Å². The Morgan fingerprint density at radius 1 is 1.39 bits per heavy atom. The summed E-state index contributed by atoms with van der Waals surface area (Å²) in [6.07, 6.45) is 0. The monoisotopic (exact) mass is 313 g/mol. The van der Waals surface area contributed by atoms with Crippen LogP contribution in [-0.2, 0) is 9.53 Å². The number of benzene rings is 1. The van der Waals surface area contributed by atoms with Crippen molar-refractivity contribution in [2.24, 2.45) is 0 Å².